The third-order valence-corrected chi connectivity index (χ3v) is 8.09. The second-order valence-electron chi connectivity index (χ2n) is 7.40. The third-order valence-electron chi connectivity index (χ3n) is 5.86. The predicted octanol–water partition coefficient (Wildman–Crippen LogP) is 2.86. The van der Waals surface area contributed by atoms with Gasteiger partial charge >= 0.3 is 0 Å². The van der Waals surface area contributed by atoms with E-state index in [9.17, 15) is 13.5 Å². The molecule has 2 fully saturated rings. The van der Waals surface area contributed by atoms with Gasteiger partial charge in [-0.2, -0.15) is 0 Å². The van der Waals surface area contributed by atoms with Crippen LogP contribution in [0.25, 0.3) is 0 Å². The van der Waals surface area contributed by atoms with Gasteiger partial charge in [-0.05, 0) is 57.3 Å². The normalized spacial score (nSPS) is 26.3. The molecule has 0 bridgehead atoms. The fourth-order valence-electron chi connectivity index (χ4n) is 4.48. The highest BCUT2D eigenvalue weighted by Crippen LogP contribution is 2.36. The molecule has 3 atom stereocenters. The first kappa shape index (κ1) is 17.9. The summed E-state index contributed by atoms with van der Waals surface area (Å²) in [5.74, 6) is 0.108. The molecule has 0 amide bonds. The lowest BCUT2D eigenvalue weighted by molar-refractivity contribution is 0.0604. The number of hydrogen-bond acceptors (Lipinski definition) is 4. The topological polar surface area (TPSA) is 57.6 Å². The van der Waals surface area contributed by atoms with Crippen LogP contribution in [0.3, 0.4) is 0 Å². The smallest absolute Gasteiger partial charge is 0.185 e. The minimum Gasteiger partial charge on any atom is -0.391 e. The van der Waals surface area contributed by atoms with Gasteiger partial charge in [0.25, 0.3) is 0 Å². The Morgan fingerprint density at radius 3 is 2.29 bits per heavy atom. The number of aliphatic hydroxyl groups excluding tert-OH is 1. The standard InChI is InChI=1S/C19H29NO3S/c1-20-14-8-13-17(20)19(18(21)15-9-4-2-5-10-15)24(22,23)16-11-6-3-7-12-16/h3,6-7,11-12,15,17-19,21H,2,4-5,8-10,13-14H2,1H3/t17-,18-,19-/m0/s1. The molecule has 1 saturated heterocycles. The molecule has 1 saturated carbocycles. The number of sulfone groups is 1. The van der Waals surface area contributed by atoms with Crippen molar-refractivity contribution in [3.63, 3.8) is 0 Å². The lowest BCUT2D eigenvalue weighted by atomic mass is 9.82. The van der Waals surface area contributed by atoms with Gasteiger partial charge in [-0.25, -0.2) is 8.42 Å². The summed E-state index contributed by atoms with van der Waals surface area (Å²) < 4.78 is 26.7. The zero-order valence-corrected chi connectivity index (χ0v) is 15.3. The van der Waals surface area contributed by atoms with Crippen LogP contribution < -0.4 is 0 Å². The van der Waals surface area contributed by atoms with Gasteiger partial charge in [-0.15, -0.1) is 0 Å². The molecule has 1 aromatic rings. The van der Waals surface area contributed by atoms with Gasteiger partial charge in [0, 0.05) is 6.04 Å². The van der Waals surface area contributed by atoms with Crippen LogP contribution in [-0.2, 0) is 9.84 Å². The summed E-state index contributed by atoms with van der Waals surface area (Å²) in [4.78, 5) is 2.46. The third kappa shape index (κ3) is 3.53. The average molecular weight is 352 g/mol. The van der Waals surface area contributed by atoms with Gasteiger partial charge in [-0.1, -0.05) is 37.5 Å². The Hall–Kier alpha value is -0.910. The van der Waals surface area contributed by atoms with E-state index < -0.39 is 21.2 Å². The molecule has 5 heteroatoms. The first-order chi connectivity index (χ1) is 11.5. The highest BCUT2D eigenvalue weighted by Gasteiger charge is 2.45. The fraction of sp³-hybridized carbons (Fsp3) is 0.684. The average Bonchev–Trinajstić information content (AvgIpc) is 3.02. The number of aliphatic hydroxyl groups is 1. The zero-order valence-electron chi connectivity index (χ0n) is 14.5. The number of nitrogens with zero attached hydrogens (tertiary/aromatic N) is 1. The first-order valence-corrected chi connectivity index (χ1v) is 10.7. The Labute approximate surface area is 145 Å². The molecule has 0 radical (unpaired) electrons. The minimum absolute atomic E-state index is 0.0906. The van der Waals surface area contributed by atoms with Crippen molar-refractivity contribution in [3.05, 3.63) is 30.3 Å². The summed E-state index contributed by atoms with van der Waals surface area (Å²) in [6.07, 6.45) is 6.34. The molecular formula is C19H29NO3S. The van der Waals surface area contributed by atoms with Crippen molar-refractivity contribution >= 4 is 9.84 Å². The molecule has 0 aromatic heterocycles. The largest absolute Gasteiger partial charge is 0.391 e. The van der Waals surface area contributed by atoms with E-state index in [1.54, 1.807) is 24.3 Å². The maximum Gasteiger partial charge on any atom is 0.185 e. The Bertz CT molecular complexity index is 625. The molecule has 2 aliphatic rings. The highest BCUT2D eigenvalue weighted by molar-refractivity contribution is 7.92. The van der Waals surface area contributed by atoms with E-state index in [-0.39, 0.29) is 12.0 Å². The summed E-state index contributed by atoms with van der Waals surface area (Å²) in [6.45, 7) is 0.906. The van der Waals surface area contributed by atoms with Crippen LogP contribution in [0.5, 0.6) is 0 Å². The van der Waals surface area contributed by atoms with Gasteiger partial charge in [-0.3, -0.25) is 0 Å². The van der Waals surface area contributed by atoms with Gasteiger partial charge in [0.1, 0.15) is 5.25 Å². The van der Waals surface area contributed by atoms with E-state index in [0.717, 1.165) is 45.1 Å². The second kappa shape index (κ2) is 7.54. The molecule has 1 aliphatic carbocycles. The lowest BCUT2D eigenvalue weighted by Crippen LogP contribution is -2.51. The maximum atomic E-state index is 13.4. The summed E-state index contributed by atoms with van der Waals surface area (Å²) in [5, 5.41) is 10.4. The van der Waals surface area contributed by atoms with Crippen LogP contribution >= 0.6 is 0 Å². The fourth-order valence-corrected chi connectivity index (χ4v) is 6.68. The van der Waals surface area contributed by atoms with Crippen LogP contribution in [-0.4, -0.2) is 49.4 Å². The number of hydrogen-bond donors (Lipinski definition) is 1. The van der Waals surface area contributed by atoms with Crippen molar-refractivity contribution < 1.29 is 13.5 Å². The zero-order chi connectivity index (χ0) is 17.2. The van der Waals surface area contributed by atoms with Crippen molar-refractivity contribution in [1.82, 2.24) is 4.90 Å². The Kier molecular flexibility index (Phi) is 5.63. The van der Waals surface area contributed by atoms with Crippen LogP contribution in [0.15, 0.2) is 35.2 Å². The van der Waals surface area contributed by atoms with Crippen LogP contribution in [0.2, 0.25) is 0 Å². The molecule has 3 rings (SSSR count). The SMILES string of the molecule is CN1CCC[C@H]1[C@@H]([C@@H](O)C1CCCCC1)S(=O)(=O)c1ccccc1. The van der Waals surface area contributed by atoms with Crippen molar-refractivity contribution in [2.45, 2.75) is 67.2 Å². The molecule has 134 valence electrons. The molecule has 1 N–H and O–H groups in total. The molecule has 1 aliphatic heterocycles. The van der Waals surface area contributed by atoms with Crippen LogP contribution in [0, 0.1) is 5.92 Å². The summed E-state index contributed by atoms with van der Waals surface area (Å²) >= 11 is 0. The van der Waals surface area contributed by atoms with Gasteiger partial charge in [0.15, 0.2) is 9.84 Å². The monoisotopic (exact) mass is 351 g/mol. The summed E-state index contributed by atoms with van der Waals surface area (Å²) in [7, 11) is -1.57. The summed E-state index contributed by atoms with van der Waals surface area (Å²) in [6, 6.07) is 8.57. The van der Waals surface area contributed by atoms with E-state index in [1.165, 1.54) is 6.42 Å². The van der Waals surface area contributed by atoms with E-state index in [2.05, 4.69) is 4.90 Å². The van der Waals surface area contributed by atoms with Crippen molar-refractivity contribution in [2.24, 2.45) is 5.92 Å². The maximum absolute atomic E-state index is 13.4. The van der Waals surface area contributed by atoms with E-state index in [4.69, 9.17) is 0 Å². The second-order valence-corrected chi connectivity index (χ2v) is 9.51. The van der Waals surface area contributed by atoms with E-state index >= 15 is 0 Å². The molecule has 0 unspecified atom stereocenters. The van der Waals surface area contributed by atoms with Gasteiger partial charge in [0.05, 0.1) is 11.0 Å². The Morgan fingerprint density at radius 2 is 1.71 bits per heavy atom. The van der Waals surface area contributed by atoms with Gasteiger partial charge in [0.2, 0.25) is 0 Å². The van der Waals surface area contributed by atoms with Crippen molar-refractivity contribution in [2.75, 3.05) is 13.6 Å². The molecule has 1 heterocycles. The quantitative estimate of drug-likeness (QED) is 0.886. The molecule has 0 spiro atoms. The first-order valence-electron chi connectivity index (χ1n) is 9.19. The van der Waals surface area contributed by atoms with Crippen LogP contribution in [0.1, 0.15) is 44.9 Å². The summed E-state index contributed by atoms with van der Waals surface area (Å²) in [5.41, 5.74) is 0. The molecule has 1 aromatic carbocycles. The van der Waals surface area contributed by atoms with Crippen molar-refractivity contribution in [3.8, 4) is 0 Å². The number of rotatable bonds is 5. The molecule has 4 nitrogen and oxygen atoms in total. The molecule has 24 heavy (non-hydrogen) atoms. The van der Waals surface area contributed by atoms with E-state index in [1.807, 2.05) is 13.1 Å². The van der Waals surface area contributed by atoms with E-state index in [0.29, 0.717) is 4.90 Å². The molecular weight excluding hydrogens is 322 g/mol. The van der Waals surface area contributed by atoms with Crippen molar-refractivity contribution in [1.29, 1.82) is 0 Å². The Morgan fingerprint density at radius 1 is 1.04 bits per heavy atom. The lowest BCUT2D eigenvalue weighted by Gasteiger charge is -2.37. The van der Waals surface area contributed by atoms with Gasteiger partial charge < -0.3 is 10.0 Å². The number of likely N-dealkylation sites (tertiary alicyclic amines) is 1. The highest BCUT2D eigenvalue weighted by atomic mass is 32.2. The Balaban J connectivity index is 1.95. The van der Waals surface area contributed by atoms with Crippen LogP contribution in [0.4, 0.5) is 0 Å². The minimum atomic E-state index is -3.56. The predicted molar refractivity (Wildman–Crippen MR) is 95.6 cm³/mol. The number of benzene rings is 1.